The molecule has 0 radical (unpaired) electrons. The van der Waals surface area contributed by atoms with E-state index in [0.717, 1.165) is 0 Å². The van der Waals surface area contributed by atoms with E-state index >= 15 is 0 Å². The second-order valence-corrected chi connectivity index (χ2v) is 4.09. The molecule has 0 unspecified atom stereocenters. The maximum absolute atomic E-state index is 10.4. The fourth-order valence-electron chi connectivity index (χ4n) is 0.706. The van der Waals surface area contributed by atoms with Crippen LogP contribution in [-0.4, -0.2) is 24.7 Å². The van der Waals surface area contributed by atoms with Gasteiger partial charge in [0.15, 0.2) is 0 Å². The molecule has 0 saturated heterocycles. The Morgan fingerprint density at radius 1 is 1.54 bits per heavy atom. The number of hydrogen-bond acceptors (Lipinski definition) is 4. The van der Waals surface area contributed by atoms with Gasteiger partial charge in [-0.3, -0.25) is 9.35 Å². The lowest BCUT2D eigenvalue weighted by molar-refractivity contribution is -0.137. The number of esters is 1. The van der Waals surface area contributed by atoms with Gasteiger partial charge in [0, 0.05) is 13.3 Å². The third-order valence-electron chi connectivity index (χ3n) is 1.15. The van der Waals surface area contributed by atoms with Crippen LogP contribution in [-0.2, 0) is 19.6 Å². The monoisotopic (exact) mass is 208 g/mol. The Labute approximate surface area is 77.1 Å². The van der Waals surface area contributed by atoms with Crippen LogP contribution in [0.25, 0.3) is 0 Å². The smallest absolute Gasteiger partial charge is 0.307 e. The zero-order chi connectivity index (χ0) is 10.5. The van der Waals surface area contributed by atoms with Crippen molar-refractivity contribution < 1.29 is 22.5 Å². The molecule has 0 fully saturated rings. The Morgan fingerprint density at radius 3 is 2.46 bits per heavy atom. The third kappa shape index (κ3) is 9.03. The number of ether oxygens (including phenoxy) is 1. The standard InChI is InChI=1S/C7H12O5S/c1-6(12-7(2)8)4-3-5-13(9,10)11/h1,3-5H2,2H3,(H,9,10,11). The van der Waals surface area contributed by atoms with Crippen molar-refractivity contribution in [3.63, 3.8) is 0 Å². The Hall–Kier alpha value is -0.880. The SMILES string of the molecule is C=C(CCCS(=O)(=O)O)OC(C)=O. The Kier molecular flexibility index (Phi) is 4.64. The van der Waals surface area contributed by atoms with Crippen LogP contribution in [0.4, 0.5) is 0 Å². The summed E-state index contributed by atoms with van der Waals surface area (Å²) in [4.78, 5) is 10.4. The average molecular weight is 208 g/mol. The molecule has 0 spiro atoms. The minimum Gasteiger partial charge on any atom is -0.432 e. The minimum atomic E-state index is -3.93. The largest absolute Gasteiger partial charge is 0.432 e. The van der Waals surface area contributed by atoms with E-state index in [9.17, 15) is 13.2 Å². The first-order valence-electron chi connectivity index (χ1n) is 3.62. The molecule has 0 aromatic carbocycles. The summed E-state index contributed by atoms with van der Waals surface area (Å²) in [5.41, 5.74) is 0. The van der Waals surface area contributed by atoms with Gasteiger partial charge in [-0.2, -0.15) is 8.42 Å². The molecule has 13 heavy (non-hydrogen) atoms. The molecule has 0 aliphatic heterocycles. The van der Waals surface area contributed by atoms with Crippen molar-refractivity contribution in [2.45, 2.75) is 19.8 Å². The summed E-state index contributed by atoms with van der Waals surface area (Å²) in [7, 11) is -3.93. The summed E-state index contributed by atoms with van der Waals surface area (Å²) in [6.45, 7) is 4.63. The molecular formula is C7H12O5S. The predicted molar refractivity (Wildman–Crippen MR) is 46.6 cm³/mol. The maximum Gasteiger partial charge on any atom is 0.307 e. The van der Waals surface area contributed by atoms with Crippen molar-refractivity contribution >= 4 is 16.1 Å². The van der Waals surface area contributed by atoms with E-state index in [-0.39, 0.29) is 24.4 Å². The fourth-order valence-corrected chi connectivity index (χ4v) is 1.22. The molecular weight excluding hydrogens is 196 g/mol. The molecule has 0 rings (SSSR count). The van der Waals surface area contributed by atoms with E-state index < -0.39 is 16.1 Å². The zero-order valence-electron chi connectivity index (χ0n) is 7.32. The van der Waals surface area contributed by atoms with Crippen molar-refractivity contribution in [3.8, 4) is 0 Å². The molecule has 5 nitrogen and oxygen atoms in total. The van der Waals surface area contributed by atoms with Gasteiger partial charge in [-0.1, -0.05) is 6.58 Å². The minimum absolute atomic E-state index is 0.185. The molecule has 0 atom stereocenters. The molecule has 0 aliphatic rings. The average Bonchev–Trinajstić information content (AvgIpc) is 1.81. The second-order valence-electron chi connectivity index (χ2n) is 2.52. The van der Waals surface area contributed by atoms with E-state index in [0.29, 0.717) is 0 Å². The molecule has 0 bridgehead atoms. The van der Waals surface area contributed by atoms with Crippen molar-refractivity contribution in [3.05, 3.63) is 12.3 Å². The van der Waals surface area contributed by atoms with Crippen LogP contribution < -0.4 is 0 Å². The number of carbonyl (C=O) groups excluding carboxylic acids is 1. The summed E-state index contributed by atoms with van der Waals surface area (Å²) in [6.07, 6.45) is 0.421. The molecule has 0 amide bonds. The highest BCUT2D eigenvalue weighted by Gasteiger charge is 2.05. The van der Waals surface area contributed by atoms with Crippen molar-refractivity contribution in [2.75, 3.05) is 5.75 Å². The van der Waals surface area contributed by atoms with Gasteiger partial charge in [0.05, 0.1) is 5.75 Å². The van der Waals surface area contributed by atoms with Crippen molar-refractivity contribution in [1.29, 1.82) is 0 Å². The highest BCUT2D eigenvalue weighted by Crippen LogP contribution is 2.05. The number of rotatable bonds is 5. The topological polar surface area (TPSA) is 80.7 Å². The summed E-state index contributed by atoms with van der Waals surface area (Å²) < 4.78 is 33.4. The summed E-state index contributed by atoms with van der Waals surface area (Å²) in [5, 5.41) is 0. The van der Waals surface area contributed by atoms with E-state index in [1.165, 1.54) is 6.92 Å². The Morgan fingerprint density at radius 2 is 2.08 bits per heavy atom. The maximum atomic E-state index is 10.4. The van der Waals surface area contributed by atoms with Crippen LogP contribution in [0.3, 0.4) is 0 Å². The molecule has 0 saturated carbocycles. The summed E-state index contributed by atoms with van der Waals surface area (Å²) in [6, 6.07) is 0. The van der Waals surface area contributed by atoms with Crippen LogP contribution in [0.15, 0.2) is 12.3 Å². The van der Waals surface area contributed by atoms with Crippen LogP contribution >= 0.6 is 0 Å². The lowest BCUT2D eigenvalue weighted by Crippen LogP contribution is -2.05. The quantitative estimate of drug-likeness (QED) is 0.409. The highest BCUT2D eigenvalue weighted by molar-refractivity contribution is 7.85. The summed E-state index contributed by atoms with van der Waals surface area (Å²) >= 11 is 0. The molecule has 0 aromatic rings. The number of allylic oxidation sites excluding steroid dienone is 1. The van der Waals surface area contributed by atoms with Crippen molar-refractivity contribution in [2.24, 2.45) is 0 Å². The second kappa shape index (κ2) is 4.98. The van der Waals surface area contributed by atoms with Gasteiger partial charge in [0.25, 0.3) is 10.1 Å². The molecule has 1 N–H and O–H groups in total. The number of carbonyl (C=O) groups is 1. The van der Waals surface area contributed by atoms with Gasteiger partial charge in [0.1, 0.15) is 5.76 Å². The van der Waals surface area contributed by atoms with Crippen LogP contribution in [0.5, 0.6) is 0 Å². The predicted octanol–water partition coefficient (Wildman–Crippen LogP) is 0.731. The van der Waals surface area contributed by atoms with Gasteiger partial charge in [-0.05, 0) is 6.42 Å². The van der Waals surface area contributed by atoms with Crippen LogP contribution in [0.1, 0.15) is 19.8 Å². The lowest BCUT2D eigenvalue weighted by Gasteiger charge is -2.03. The van der Waals surface area contributed by atoms with E-state index in [4.69, 9.17) is 4.55 Å². The van der Waals surface area contributed by atoms with Crippen LogP contribution in [0, 0.1) is 0 Å². The first-order chi connectivity index (χ1) is 5.81. The van der Waals surface area contributed by atoms with E-state index in [2.05, 4.69) is 11.3 Å². The van der Waals surface area contributed by atoms with Crippen molar-refractivity contribution in [1.82, 2.24) is 0 Å². The first kappa shape index (κ1) is 12.1. The molecule has 0 aliphatic carbocycles. The molecule has 0 heterocycles. The Balaban J connectivity index is 3.67. The molecule has 76 valence electrons. The third-order valence-corrected chi connectivity index (χ3v) is 1.95. The Bertz CT molecular complexity index is 290. The van der Waals surface area contributed by atoms with E-state index in [1.54, 1.807) is 0 Å². The van der Waals surface area contributed by atoms with Gasteiger partial charge in [0.2, 0.25) is 0 Å². The summed E-state index contributed by atoms with van der Waals surface area (Å²) in [5.74, 6) is -0.638. The first-order valence-corrected chi connectivity index (χ1v) is 5.23. The van der Waals surface area contributed by atoms with Crippen LogP contribution in [0.2, 0.25) is 0 Å². The van der Waals surface area contributed by atoms with Gasteiger partial charge < -0.3 is 4.74 Å². The molecule has 6 heteroatoms. The van der Waals surface area contributed by atoms with E-state index in [1.807, 2.05) is 0 Å². The van der Waals surface area contributed by atoms with Gasteiger partial charge >= 0.3 is 5.97 Å². The fraction of sp³-hybridized carbons (Fsp3) is 0.571. The lowest BCUT2D eigenvalue weighted by atomic mass is 10.3. The molecule has 0 aromatic heterocycles. The van der Waals surface area contributed by atoms with Gasteiger partial charge in [-0.25, -0.2) is 0 Å². The highest BCUT2D eigenvalue weighted by atomic mass is 32.2. The zero-order valence-corrected chi connectivity index (χ0v) is 8.13. The normalized spacial score (nSPS) is 10.9. The number of hydrogen-bond donors (Lipinski definition) is 1. The van der Waals surface area contributed by atoms with Gasteiger partial charge in [-0.15, -0.1) is 0 Å².